The molecule has 5 heteroatoms. The predicted molar refractivity (Wildman–Crippen MR) is 284 cm³/mol. The fourth-order valence-corrected chi connectivity index (χ4v) is 10.2. The van der Waals surface area contributed by atoms with Gasteiger partial charge in [-0.1, -0.05) is 175 Å². The molecule has 6 aromatic carbocycles. The summed E-state index contributed by atoms with van der Waals surface area (Å²) >= 11 is 0. The van der Waals surface area contributed by atoms with E-state index in [4.69, 9.17) is 9.72 Å². The molecular formula is C62H68N4O. The molecule has 8 aromatic rings. The molecule has 0 aliphatic carbocycles. The highest BCUT2D eigenvalue weighted by molar-refractivity contribution is 6.09. The minimum absolute atomic E-state index is 0.0198. The van der Waals surface area contributed by atoms with Crippen molar-refractivity contribution in [2.45, 2.75) is 107 Å². The predicted octanol–water partition coefficient (Wildman–Crippen LogP) is 17.0. The Labute approximate surface area is 399 Å². The van der Waals surface area contributed by atoms with Gasteiger partial charge < -0.3 is 14.5 Å². The summed E-state index contributed by atoms with van der Waals surface area (Å²) in [6, 6.07) is 55.3. The molecule has 0 bridgehead atoms. The second kappa shape index (κ2) is 16.9. The average Bonchev–Trinajstić information content (AvgIpc) is 3.87. The molecule has 0 atom stereocenters. The zero-order valence-corrected chi connectivity index (χ0v) is 42.0. The number of aromatic nitrogens is 2. The van der Waals surface area contributed by atoms with Crippen LogP contribution in [0.15, 0.2) is 169 Å². The highest BCUT2D eigenvalue weighted by Crippen LogP contribution is 2.50. The summed E-state index contributed by atoms with van der Waals surface area (Å²) in [4.78, 5) is 10.0. The van der Waals surface area contributed by atoms with E-state index in [1.54, 1.807) is 0 Å². The Morgan fingerprint density at radius 1 is 0.493 bits per heavy atom. The van der Waals surface area contributed by atoms with Crippen LogP contribution >= 0.6 is 0 Å². The number of benzene rings is 6. The second-order valence-electron chi connectivity index (χ2n) is 22.5. The molecule has 0 saturated heterocycles. The Morgan fingerprint density at radius 3 is 1.78 bits per heavy atom. The molecule has 0 fully saturated rings. The molecule has 3 heterocycles. The first-order chi connectivity index (χ1) is 31.7. The summed E-state index contributed by atoms with van der Waals surface area (Å²) in [5, 5.41) is 2.35. The monoisotopic (exact) mass is 885 g/mol. The van der Waals surface area contributed by atoms with Gasteiger partial charge in [-0.15, -0.1) is 0 Å². The van der Waals surface area contributed by atoms with Gasteiger partial charge in [0, 0.05) is 68.1 Å². The van der Waals surface area contributed by atoms with Crippen LogP contribution in [0.3, 0.4) is 0 Å². The highest BCUT2D eigenvalue weighted by Gasteiger charge is 2.42. The van der Waals surface area contributed by atoms with Gasteiger partial charge in [0.05, 0.1) is 17.7 Å². The van der Waals surface area contributed by atoms with Gasteiger partial charge >= 0.3 is 0 Å². The molecule has 9 rings (SSSR count). The van der Waals surface area contributed by atoms with E-state index in [1.807, 2.05) is 6.20 Å². The van der Waals surface area contributed by atoms with Crippen molar-refractivity contribution >= 4 is 33.2 Å². The molecule has 0 saturated carbocycles. The van der Waals surface area contributed by atoms with Crippen LogP contribution in [0.25, 0.3) is 38.8 Å². The van der Waals surface area contributed by atoms with E-state index in [2.05, 4.69) is 256 Å². The molecule has 0 unspecified atom stereocenters. The van der Waals surface area contributed by atoms with Crippen molar-refractivity contribution in [1.82, 2.24) is 9.55 Å². The van der Waals surface area contributed by atoms with Crippen LogP contribution in [0.2, 0.25) is 0 Å². The molecule has 0 radical (unpaired) electrons. The molecule has 0 spiro atoms. The van der Waals surface area contributed by atoms with Gasteiger partial charge in [-0.2, -0.15) is 0 Å². The number of rotatable bonds is 9. The number of para-hydroxylation sites is 1. The van der Waals surface area contributed by atoms with Crippen LogP contribution in [0, 0.1) is 10.8 Å². The minimum atomic E-state index is -0.184. The number of allylic oxidation sites excluding steroid dienone is 2. The minimum Gasteiger partial charge on any atom is -0.457 e. The van der Waals surface area contributed by atoms with E-state index in [9.17, 15) is 0 Å². The van der Waals surface area contributed by atoms with Gasteiger partial charge in [0.15, 0.2) is 0 Å². The standard InChI is InChI=1S/C62H68N4O/c1-41(2)50-23-17-18-24-51(50)42-35-47(65-40-64(57(60(6,7)8)58(65)61(9,10)11)46-29-27-44(28-30-46)62(12,13)43-21-15-14-16-22-43)38-49(36-42)67-48-31-32-53-52-25-19-20-26-54(52)66(55(53)39-48)56-37-45(33-34-63-56)59(3,4)5/h14-39,41H,40H2,1-13H3. The first kappa shape index (κ1) is 45.6. The molecule has 0 amide bonds. The van der Waals surface area contributed by atoms with Crippen LogP contribution in [0.5, 0.6) is 11.5 Å². The first-order valence-corrected chi connectivity index (χ1v) is 24.1. The summed E-state index contributed by atoms with van der Waals surface area (Å²) in [5.74, 6) is 2.80. The lowest BCUT2D eigenvalue weighted by atomic mass is 9.78. The van der Waals surface area contributed by atoms with Gasteiger partial charge in [-0.05, 0) is 99.3 Å². The summed E-state index contributed by atoms with van der Waals surface area (Å²) in [6.07, 6.45) is 1.94. The van der Waals surface area contributed by atoms with Crippen molar-refractivity contribution in [3.63, 3.8) is 0 Å². The molecule has 1 aliphatic rings. The Bertz CT molecular complexity index is 3130. The number of ether oxygens (including phenoxy) is 1. The number of nitrogens with zero attached hydrogens (tertiary/aromatic N) is 4. The van der Waals surface area contributed by atoms with Gasteiger partial charge in [-0.25, -0.2) is 4.98 Å². The van der Waals surface area contributed by atoms with Gasteiger partial charge in [0.1, 0.15) is 17.3 Å². The molecule has 1 aliphatic heterocycles. The van der Waals surface area contributed by atoms with E-state index in [-0.39, 0.29) is 21.7 Å². The van der Waals surface area contributed by atoms with E-state index < -0.39 is 0 Å². The molecule has 2 aromatic heterocycles. The van der Waals surface area contributed by atoms with Gasteiger partial charge in [0.25, 0.3) is 0 Å². The second-order valence-corrected chi connectivity index (χ2v) is 22.5. The van der Waals surface area contributed by atoms with Crippen molar-refractivity contribution in [3.05, 3.63) is 192 Å². The van der Waals surface area contributed by atoms with Crippen molar-refractivity contribution < 1.29 is 4.74 Å². The SMILES string of the molecule is CC(C)c1ccccc1-c1cc(Oc2ccc3c4ccccc4n(-c4cc(C(C)(C)C)ccn4)c3c2)cc(N2CN(c3ccc(C(C)(C)c4ccccc4)cc3)C(C(C)(C)C)=C2C(C)(C)C)c1. The largest absolute Gasteiger partial charge is 0.457 e. The van der Waals surface area contributed by atoms with Crippen molar-refractivity contribution in [2.24, 2.45) is 10.8 Å². The van der Waals surface area contributed by atoms with Crippen molar-refractivity contribution in [3.8, 4) is 28.4 Å². The number of pyridine rings is 1. The molecule has 67 heavy (non-hydrogen) atoms. The maximum Gasteiger partial charge on any atom is 0.137 e. The fourth-order valence-electron chi connectivity index (χ4n) is 10.2. The average molecular weight is 885 g/mol. The molecule has 342 valence electrons. The lowest BCUT2D eigenvalue weighted by Gasteiger charge is -2.34. The molecular weight excluding hydrogens is 817 g/mol. The third-order valence-electron chi connectivity index (χ3n) is 13.7. The van der Waals surface area contributed by atoms with Crippen LogP contribution in [0.4, 0.5) is 11.4 Å². The summed E-state index contributed by atoms with van der Waals surface area (Å²) in [5.41, 5.74) is 14.1. The normalized spacial score (nSPS) is 14.0. The Balaban J connectivity index is 1.18. The van der Waals surface area contributed by atoms with E-state index in [0.717, 1.165) is 45.0 Å². The zero-order valence-electron chi connectivity index (χ0n) is 42.0. The molecule has 0 N–H and O–H groups in total. The van der Waals surface area contributed by atoms with Crippen LogP contribution in [-0.4, -0.2) is 16.2 Å². The number of anilines is 2. The fraction of sp³-hybridized carbons (Fsp3) is 0.306. The van der Waals surface area contributed by atoms with E-state index in [0.29, 0.717) is 12.6 Å². The number of hydrogen-bond acceptors (Lipinski definition) is 4. The van der Waals surface area contributed by atoms with Crippen molar-refractivity contribution in [1.29, 1.82) is 0 Å². The zero-order chi connectivity index (χ0) is 47.6. The van der Waals surface area contributed by atoms with Crippen LogP contribution in [0.1, 0.15) is 118 Å². The lowest BCUT2D eigenvalue weighted by molar-refractivity contribution is 0.444. The lowest BCUT2D eigenvalue weighted by Crippen LogP contribution is -2.31. The topological polar surface area (TPSA) is 33.5 Å². The summed E-state index contributed by atoms with van der Waals surface area (Å²) in [7, 11) is 0. The summed E-state index contributed by atoms with van der Waals surface area (Å²) in [6.45, 7) is 30.7. The third kappa shape index (κ3) is 8.66. The summed E-state index contributed by atoms with van der Waals surface area (Å²) < 4.78 is 9.42. The van der Waals surface area contributed by atoms with Crippen molar-refractivity contribution in [2.75, 3.05) is 16.5 Å². The van der Waals surface area contributed by atoms with Gasteiger partial charge in [-0.3, -0.25) is 4.57 Å². The Kier molecular flexibility index (Phi) is 11.5. The number of hydrogen-bond donors (Lipinski definition) is 0. The van der Waals surface area contributed by atoms with Crippen LogP contribution < -0.4 is 14.5 Å². The van der Waals surface area contributed by atoms with E-state index in [1.165, 1.54) is 50.3 Å². The van der Waals surface area contributed by atoms with Crippen LogP contribution in [-0.2, 0) is 10.8 Å². The molecule has 5 nitrogen and oxygen atoms in total. The third-order valence-corrected chi connectivity index (χ3v) is 13.7. The smallest absolute Gasteiger partial charge is 0.137 e. The number of fused-ring (bicyclic) bond motifs is 3. The quantitative estimate of drug-likeness (QED) is 0.145. The van der Waals surface area contributed by atoms with E-state index >= 15 is 0 Å². The van der Waals surface area contributed by atoms with Gasteiger partial charge in [0.2, 0.25) is 0 Å². The first-order valence-electron chi connectivity index (χ1n) is 24.1. The highest BCUT2D eigenvalue weighted by atomic mass is 16.5. The Hall–Kier alpha value is -6.59. The Morgan fingerprint density at radius 2 is 1.10 bits per heavy atom. The maximum atomic E-state index is 7.13. The maximum absolute atomic E-state index is 7.13.